The molecule has 0 bridgehead atoms. The van der Waals surface area contributed by atoms with Gasteiger partial charge in [0, 0.05) is 24.8 Å². The molecular formula is C22H25ClN4O2. The standard InChI is InChI=1S/C22H25ClN4O2/c1-3-11-26(22(28)16-8-9-19(29-2)17(23)12-16)14-20-25-18-5-4-10-24-21(18)27(20)13-15-6-7-15/h4-5,8-10,12,15H,3,6-7,11,13-14H2,1-2H3. The van der Waals surface area contributed by atoms with Gasteiger partial charge in [-0.25, -0.2) is 9.97 Å². The Morgan fingerprint density at radius 3 is 2.86 bits per heavy atom. The van der Waals surface area contributed by atoms with Gasteiger partial charge in [0.2, 0.25) is 0 Å². The molecule has 0 radical (unpaired) electrons. The summed E-state index contributed by atoms with van der Waals surface area (Å²) in [6.07, 6.45) is 5.14. The number of methoxy groups -OCH3 is 1. The second-order valence-corrected chi connectivity index (χ2v) is 7.91. The first-order valence-electron chi connectivity index (χ1n) is 10.0. The van der Waals surface area contributed by atoms with Gasteiger partial charge in [-0.05, 0) is 55.5 Å². The Balaban J connectivity index is 1.64. The topological polar surface area (TPSA) is 60.2 Å². The quantitative estimate of drug-likeness (QED) is 0.544. The normalized spacial score (nSPS) is 13.6. The summed E-state index contributed by atoms with van der Waals surface area (Å²) in [4.78, 5) is 24.4. The number of halogens is 1. The van der Waals surface area contributed by atoms with Crippen molar-refractivity contribution in [2.45, 2.75) is 39.3 Å². The molecule has 3 aromatic rings. The van der Waals surface area contributed by atoms with Gasteiger partial charge >= 0.3 is 0 Å². The van der Waals surface area contributed by atoms with E-state index in [0.29, 0.717) is 35.3 Å². The van der Waals surface area contributed by atoms with Gasteiger partial charge in [0.25, 0.3) is 5.91 Å². The highest BCUT2D eigenvalue weighted by molar-refractivity contribution is 6.32. The SMILES string of the molecule is CCCN(Cc1nc2cccnc2n1CC1CC1)C(=O)c1ccc(OC)c(Cl)c1. The molecule has 0 atom stereocenters. The molecule has 1 saturated carbocycles. The highest BCUT2D eigenvalue weighted by atomic mass is 35.5. The number of aromatic nitrogens is 3. The summed E-state index contributed by atoms with van der Waals surface area (Å²) < 4.78 is 7.38. The Labute approximate surface area is 175 Å². The number of ether oxygens (including phenoxy) is 1. The van der Waals surface area contributed by atoms with Crippen molar-refractivity contribution in [3.63, 3.8) is 0 Å². The molecule has 1 amide bonds. The number of nitrogens with zero attached hydrogens (tertiary/aromatic N) is 4. The number of benzene rings is 1. The molecular weight excluding hydrogens is 388 g/mol. The summed E-state index contributed by atoms with van der Waals surface area (Å²) in [5.41, 5.74) is 2.32. The number of imidazole rings is 1. The number of fused-ring (bicyclic) bond motifs is 1. The third kappa shape index (κ3) is 4.22. The van der Waals surface area contributed by atoms with E-state index in [9.17, 15) is 4.79 Å². The summed E-state index contributed by atoms with van der Waals surface area (Å²) >= 11 is 6.24. The van der Waals surface area contributed by atoms with E-state index >= 15 is 0 Å². The van der Waals surface area contributed by atoms with Crippen LogP contribution in [-0.4, -0.2) is 39.0 Å². The van der Waals surface area contributed by atoms with Gasteiger partial charge in [-0.15, -0.1) is 0 Å². The molecule has 2 aromatic heterocycles. The van der Waals surface area contributed by atoms with Gasteiger partial charge in [0.1, 0.15) is 17.1 Å². The largest absolute Gasteiger partial charge is 0.495 e. The molecule has 4 rings (SSSR count). The van der Waals surface area contributed by atoms with Crippen LogP contribution in [0.15, 0.2) is 36.5 Å². The van der Waals surface area contributed by atoms with Gasteiger partial charge in [-0.1, -0.05) is 18.5 Å². The monoisotopic (exact) mass is 412 g/mol. The summed E-state index contributed by atoms with van der Waals surface area (Å²) in [5, 5.41) is 0.431. The minimum absolute atomic E-state index is 0.0607. The molecule has 0 aliphatic heterocycles. The molecule has 1 fully saturated rings. The number of hydrogen-bond donors (Lipinski definition) is 0. The molecule has 29 heavy (non-hydrogen) atoms. The minimum Gasteiger partial charge on any atom is -0.495 e. The highest BCUT2D eigenvalue weighted by Gasteiger charge is 2.26. The maximum atomic E-state index is 13.2. The molecule has 1 aromatic carbocycles. The van der Waals surface area contributed by atoms with Crippen LogP contribution in [0.5, 0.6) is 5.75 Å². The van der Waals surface area contributed by atoms with E-state index < -0.39 is 0 Å². The maximum absolute atomic E-state index is 13.2. The molecule has 2 heterocycles. The fraction of sp³-hybridized carbons (Fsp3) is 0.409. The zero-order valence-corrected chi connectivity index (χ0v) is 17.5. The number of rotatable bonds is 8. The summed E-state index contributed by atoms with van der Waals surface area (Å²) in [6.45, 7) is 4.06. The fourth-order valence-corrected chi connectivity index (χ4v) is 3.81. The third-order valence-corrected chi connectivity index (χ3v) is 5.53. The molecule has 0 spiro atoms. The average molecular weight is 413 g/mol. The predicted octanol–water partition coefficient (Wildman–Crippen LogP) is 4.56. The molecule has 152 valence electrons. The number of amides is 1. The van der Waals surface area contributed by atoms with E-state index in [1.807, 2.05) is 17.0 Å². The molecule has 0 N–H and O–H groups in total. The molecule has 1 aliphatic carbocycles. The number of carbonyl (C=O) groups excluding carboxylic acids is 1. The Morgan fingerprint density at radius 1 is 1.34 bits per heavy atom. The van der Waals surface area contributed by atoms with Crippen molar-refractivity contribution >= 4 is 28.7 Å². The van der Waals surface area contributed by atoms with Crippen LogP contribution in [0.4, 0.5) is 0 Å². The van der Waals surface area contributed by atoms with Crippen LogP contribution in [0.3, 0.4) is 0 Å². The van der Waals surface area contributed by atoms with E-state index in [0.717, 1.165) is 30.0 Å². The first-order valence-corrected chi connectivity index (χ1v) is 10.4. The Morgan fingerprint density at radius 2 is 2.17 bits per heavy atom. The van der Waals surface area contributed by atoms with Crippen LogP contribution in [0.1, 0.15) is 42.4 Å². The second kappa shape index (κ2) is 8.41. The van der Waals surface area contributed by atoms with Crippen LogP contribution in [-0.2, 0) is 13.1 Å². The van der Waals surface area contributed by atoms with Gasteiger partial charge in [0.05, 0.1) is 18.7 Å². The molecule has 0 unspecified atom stereocenters. The van der Waals surface area contributed by atoms with Crippen LogP contribution in [0.2, 0.25) is 5.02 Å². The minimum atomic E-state index is -0.0607. The first-order chi connectivity index (χ1) is 14.1. The zero-order chi connectivity index (χ0) is 20.4. The number of carbonyl (C=O) groups is 1. The van der Waals surface area contributed by atoms with Crippen molar-refractivity contribution in [2.24, 2.45) is 5.92 Å². The molecule has 6 nitrogen and oxygen atoms in total. The zero-order valence-electron chi connectivity index (χ0n) is 16.8. The van der Waals surface area contributed by atoms with Gasteiger partial charge < -0.3 is 14.2 Å². The third-order valence-electron chi connectivity index (χ3n) is 5.23. The van der Waals surface area contributed by atoms with Crippen molar-refractivity contribution in [2.75, 3.05) is 13.7 Å². The number of hydrogen-bond acceptors (Lipinski definition) is 4. The lowest BCUT2D eigenvalue weighted by molar-refractivity contribution is 0.0737. The summed E-state index contributed by atoms with van der Waals surface area (Å²) in [7, 11) is 1.56. The van der Waals surface area contributed by atoms with E-state index in [1.165, 1.54) is 12.8 Å². The van der Waals surface area contributed by atoms with Crippen molar-refractivity contribution in [1.29, 1.82) is 0 Å². The average Bonchev–Trinajstić information content (AvgIpc) is 3.49. The van der Waals surface area contributed by atoms with Gasteiger partial charge in [-0.2, -0.15) is 0 Å². The van der Waals surface area contributed by atoms with E-state index in [-0.39, 0.29) is 5.91 Å². The van der Waals surface area contributed by atoms with E-state index in [2.05, 4.69) is 16.5 Å². The Hall–Kier alpha value is -2.60. The van der Waals surface area contributed by atoms with E-state index in [1.54, 1.807) is 31.5 Å². The smallest absolute Gasteiger partial charge is 0.254 e. The lowest BCUT2D eigenvalue weighted by Gasteiger charge is -2.23. The van der Waals surface area contributed by atoms with Gasteiger partial charge in [0.15, 0.2) is 5.65 Å². The number of pyridine rings is 1. The van der Waals surface area contributed by atoms with Crippen molar-refractivity contribution in [3.8, 4) is 5.75 Å². The molecule has 0 saturated heterocycles. The maximum Gasteiger partial charge on any atom is 0.254 e. The predicted molar refractivity (Wildman–Crippen MR) is 113 cm³/mol. The van der Waals surface area contributed by atoms with Crippen LogP contribution in [0, 0.1) is 5.92 Å². The van der Waals surface area contributed by atoms with Crippen LogP contribution < -0.4 is 4.74 Å². The summed E-state index contributed by atoms with van der Waals surface area (Å²) in [6, 6.07) is 9.02. The van der Waals surface area contributed by atoms with Crippen LogP contribution in [0.25, 0.3) is 11.2 Å². The summed E-state index contributed by atoms with van der Waals surface area (Å²) in [5.74, 6) is 2.06. The van der Waals surface area contributed by atoms with Crippen molar-refractivity contribution in [1.82, 2.24) is 19.4 Å². The van der Waals surface area contributed by atoms with Crippen LogP contribution >= 0.6 is 11.6 Å². The lowest BCUT2D eigenvalue weighted by atomic mass is 10.2. The lowest BCUT2D eigenvalue weighted by Crippen LogP contribution is -2.32. The highest BCUT2D eigenvalue weighted by Crippen LogP contribution is 2.32. The molecule has 7 heteroatoms. The second-order valence-electron chi connectivity index (χ2n) is 7.50. The van der Waals surface area contributed by atoms with Crippen molar-refractivity contribution in [3.05, 3.63) is 52.9 Å². The first kappa shape index (κ1) is 19.7. The molecule has 1 aliphatic rings. The fourth-order valence-electron chi connectivity index (χ4n) is 3.55. The Kier molecular flexibility index (Phi) is 5.72. The Bertz CT molecular complexity index is 1030. The van der Waals surface area contributed by atoms with Gasteiger partial charge in [-0.3, -0.25) is 4.79 Å². The van der Waals surface area contributed by atoms with E-state index in [4.69, 9.17) is 21.3 Å². The van der Waals surface area contributed by atoms with Crippen molar-refractivity contribution < 1.29 is 9.53 Å².